The van der Waals surface area contributed by atoms with E-state index in [0.29, 0.717) is 11.7 Å². The summed E-state index contributed by atoms with van der Waals surface area (Å²) >= 11 is 9.07. The highest BCUT2D eigenvalue weighted by Gasteiger charge is 2.15. The van der Waals surface area contributed by atoms with Gasteiger partial charge in [0, 0.05) is 18.6 Å². The average Bonchev–Trinajstić information content (AvgIpc) is 2.20. The lowest BCUT2D eigenvalue weighted by molar-refractivity contribution is 0.171. The number of pyridine rings is 1. The van der Waals surface area contributed by atoms with E-state index in [1.807, 2.05) is 19.9 Å². The van der Waals surface area contributed by atoms with E-state index < -0.39 is 0 Å². The molecular formula is C10H14BrClN2O. The van der Waals surface area contributed by atoms with Crippen LogP contribution in [0.15, 0.2) is 16.7 Å². The standard InChI is InChI=1S/C10H14BrClN2O/c1-10(2,6-15)5-14-7-3-8(11)9(12)13-4-7/h3-4,14-15H,5-6H2,1-2H3. The predicted molar refractivity (Wildman–Crippen MR) is 66.3 cm³/mol. The maximum Gasteiger partial charge on any atom is 0.143 e. The average molecular weight is 294 g/mol. The number of anilines is 1. The molecule has 84 valence electrons. The van der Waals surface area contributed by atoms with Crippen LogP contribution >= 0.6 is 27.5 Å². The summed E-state index contributed by atoms with van der Waals surface area (Å²) in [7, 11) is 0. The molecule has 0 saturated carbocycles. The third-order valence-corrected chi connectivity index (χ3v) is 3.13. The van der Waals surface area contributed by atoms with Gasteiger partial charge in [0.2, 0.25) is 0 Å². The molecule has 3 nitrogen and oxygen atoms in total. The van der Waals surface area contributed by atoms with E-state index in [2.05, 4.69) is 26.2 Å². The van der Waals surface area contributed by atoms with Crippen molar-refractivity contribution >= 4 is 33.2 Å². The molecule has 5 heteroatoms. The van der Waals surface area contributed by atoms with Crippen LogP contribution in [0, 0.1) is 5.41 Å². The number of rotatable bonds is 4. The zero-order valence-corrected chi connectivity index (χ0v) is 11.1. The van der Waals surface area contributed by atoms with Gasteiger partial charge in [-0.2, -0.15) is 0 Å². The van der Waals surface area contributed by atoms with Gasteiger partial charge >= 0.3 is 0 Å². The van der Waals surface area contributed by atoms with E-state index in [-0.39, 0.29) is 12.0 Å². The number of hydrogen-bond acceptors (Lipinski definition) is 3. The lowest BCUT2D eigenvalue weighted by Crippen LogP contribution is -2.26. The van der Waals surface area contributed by atoms with Gasteiger partial charge in [0.15, 0.2) is 0 Å². The maximum absolute atomic E-state index is 9.08. The fourth-order valence-corrected chi connectivity index (χ4v) is 1.37. The minimum atomic E-state index is -0.147. The van der Waals surface area contributed by atoms with E-state index in [4.69, 9.17) is 16.7 Å². The van der Waals surface area contributed by atoms with E-state index in [0.717, 1.165) is 10.2 Å². The Morgan fingerprint density at radius 2 is 2.27 bits per heavy atom. The Labute approximate surface area is 103 Å². The van der Waals surface area contributed by atoms with Gasteiger partial charge in [-0.15, -0.1) is 0 Å². The van der Waals surface area contributed by atoms with Gasteiger partial charge in [0.05, 0.1) is 16.4 Å². The van der Waals surface area contributed by atoms with Crippen LogP contribution in [-0.4, -0.2) is 23.2 Å². The number of nitrogens with zero attached hydrogens (tertiary/aromatic N) is 1. The number of hydrogen-bond donors (Lipinski definition) is 2. The minimum Gasteiger partial charge on any atom is -0.396 e. The first-order valence-corrected chi connectivity index (χ1v) is 5.77. The van der Waals surface area contributed by atoms with Gasteiger partial charge < -0.3 is 10.4 Å². The first kappa shape index (κ1) is 12.7. The van der Waals surface area contributed by atoms with Crippen LogP contribution in [0.25, 0.3) is 0 Å². The quantitative estimate of drug-likeness (QED) is 0.839. The van der Waals surface area contributed by atoms with Crippen LogP contribution in [0.5, 0.6) is 0 Å². The molecule has 1 aromatic rings. The van der Waals surface area contributed by atoms with Gasteiger partial charge in [-0.05, 0) is 22.0 Å². The van der Waals surface area contributed by atoms with Gasteiger partial charge in [-0.3, -0.25) is 0 Å². The second-order valence-electron chi connectivity index (χ2n) is 4.17. The molecule has 0 amide bonds. The second-order valence-corrected chi connectivity index (χ2v) is 5.38. The summed E-state index contributed by atoms with van der Waals surface area (Å²) in [6.45, 7) is 4.79. The Hall–Kier alpha value is -0.320. The summed E-state index contributed by atoms with van der Waals surface area (Å²) in [6.07, 6.45) is 1.67. The maximum atomic E-state index is 9.08. The molecule has 2 N–H and O–H groups in total. The second kappa shape index (κ2) is 5.14. The summed E-state index contributed by atoms with van der Waals surface area (Å²) in [5.74, 6) is 0. The predicted octanol–water partition coefficient (Wildman–Crippen LogP) is 2.93. The highest BCUT2D eigenvalue weighted by molar-refractivity contribution is 9.10. The molecule has 0 aliphatic carbocycles. The number of nitrogens with one attached hydrogen (secondary N) is 1. The van der Waals surface area contributed by atoms with Gasteiger partial charge in [0.1, 0.15) is 5.15 Å². The van der Waals surface area contributed by atoms with Crippen molar-refractivity contribution in [2.45, 2.75) is 13.8 Å². The van der Waals surface area contributed by atoms with Crippen molar-refractivity contribution < 1.29 is 5.11 Å². The van der Waals surface area contributed by atoms with Crippen molar-refractivity contribution in [1.82, 2.24) is 4.98 Å². The molecule has 1 heterocycles. The number of aromatic nitrogens is 1. The van der Waals surface area contributed by atoms with Crippen molar-refractivity contribution in [3.63, 3.8) is 0 Å². The van der Waals surface area contributed by atoms with Crippen LogP contribution in [0.4, 0.5) is 5.69 Å². The molecule has 0 radical (unpaired) electrons. The number of halogens is 2. The van der Waals surface area contributed by atoms with Crippen LogP contribution in [-0.2, 0) is 0 Å². The zero-order valence-electron chi connectivity index (χ0n) is 8.72. The summed E-state index contributed by atoms with van der Waals surface area (Å²) < 4.78 is 0.760. The van der Waals surface area contributed by atoms with Gasteiger partial charge in [-0.25, -0.2) is 4.98 Å². The van der Waals surface area contributed by atoms with Crippen molar-refractivity contribution in [1.29, 1.82) is 0 Å². The molecule has 0 saturated heterocycles. The molecule has 0 spiro atoms. The Balaban J connectivity index is 2.62. The van der Waals surface area contributed by atoms with Crippen molar-refractivity contribution in [2.75, 3.05) is 18.5 Å². The fourth-order valence-electron chi connectivity index (χ4n) is 0.915. The SMILES string of the molecule is CC(C)(CO)CNc1cnc(Cl)c(Br)c1. The Kier molecular flexibility index (Phi) is 4.37. The Morgan fingerprint density at radius 1 is 1.60 bits per heavy atom. The Bertz CT molecular complexity index is 344. The summed E-state index contributed by atoms with van der Waals surface area (Å²) in [4.78, 5) is 4.00. The third-order valence-electron chi connectivity index (χ3n) is 2.00. The lowest BCUT2D eigenvalue weighted by atomic mass is 9.95. The molecular weight excluding hydrogens is 279 g/mol. The first-order valence-electron chi connectivity index (χ1n) is 4.60. The number of aliphatic hydroxyl groups excluding tert-OH is 1. The van der Waals surface area contributed by atoms with Gasteiger partial charge in [-0.1, -0.05) is 25.4 Å². The van der Waals surface area contributed by atoms with Crippen molar-refractivity contribution in [2.24, 2.45) is 5.41 Å². The molecule has 0 aliphatic heterocycles. The highest BCUT2D eigenvalue weighted by atomic mass is 79.9. The number of aliphatic hydroxyl groups is 1. The molecule has 15 heavy (non-hydrogen) atoms. The molecule has 0 aliphatic rings. The highest BCUT2D eigenvalue weighted by Crippen LogP contribution is 2.23. The minimum absolute atomic E-state index is 0.141. The zero-order chi connectivity index (χ0) is 11.5. The fraction of sp³-hybridized carbons (Fsp3) is 0.500. The molecule has 0 bridgehead atoms. The monoisotopic (exact) mass is 292 g/mol. The van der Waals surface area contributed by atoms with Crippen LogP contribution in [0.1, 0.15) is 13.8 Å². The summed E-state index contributed by atoms with van der Waals surface area (Å²) in [5, 5.41) is 12.7. The molecule has 0 atom stereocenters. The molecule has 0 unspecified atom stereocenters. The van der Waals surface area contributed by atoms with E-state index in [1.54, 1.807) is 6.20 Å². The summed E-state index contributed by atoms with van der Waals surface area (Å²) in [5.41, 5.74) is 0.736. The van der Waals surface area contributed by atoms with Crippen LogP contribution < -0.4 is 5.32 Å². The van der Waals surface area contributed by atoms with E-state index in [9.17, 15) is 0 Å². The first-order chi connectivity index (χ1) is 6.94. The summed E-state index contributed by atoms with van der Waals surface area (Å²) in [6, 6.07) is 1.86. The van der Waals surface area contributed by atoms with Crippen molar-refractivity contribution in [3.8, 4) is 0 Å². The molecule has 0 fully saturated rings. The van der Waals surface area contributed by atoms with Crippen LogP contribution in [0.2, 0.25) is 5.15 Å². The van der Waals surface area contributed by atoms with Gasteiger partial charge in [0.25, 0.3) is 0 Å². The smallest absolute Gasteiger partial charge is 0.143 e. The van der Waals surface area contributed by atoms with E-state index >= 15 is 0 Å². The largest absolute Gasteiger partial charge is 0.396 e. The van der Waals surface area contributed by atoms with Crippen LogP contribution in [0.3, 0.4) is 0 Å². The topological polar surface area (TPSA) is 45.1 Å². The lowest BCUT2D eigenvalue weighted by Gasteiger charge is -2.22. The molecule has 1 rings (SSSR count). The van der Waals surface area contributed by atoms with Crippen molar-refractivity contribution in [3.05, 3.63) is 21.9 Å². The Morgan fingerprint density at radius 3 is 2.80 bits per heavy atom. The van der Waals surface area contributed by atoms with E-state index in [1.165, 1.54) is 0 Å². The normalized spacial score (nSPS) is 11.5. The molecule has 1 aromatic heterocycles. The molecule has 0 aromatic carbocycles. The third kappa shape index (κ3) is 3.97.